The van der Waals surface area contributed by atoms with Gasteiger partial charge in [0.15, 0.2) is 5.78 Å². The Morgan fingerprint density at radius 1 is 1.33 bits per heavy atom. The third-order valence-electron chi connectivity index (χ3n) is 3.73. The van der Waals surface area contributed by atoms with Gasteiger partial charge >= 0.3 is 0 Å². The van der Waals surface area contributed by atoms with E-state index in [2.05, 4.69) is 0 Å². The van der Waals surface area contributed by atoms with Crippen LogP contribution in [0.2, 0.25) is 0 Å². The first-order valence-electron chi connectivity index (χ1n) is 6.24. The van der Waals surface area contributed by atoms with E-state index < -0.39 is 5.41 Å². The lowest BCUT2D eigenvalue weighted by Gasteiger charge is -2.34. The summed E-state index contributed by atoms with van der Waals surface area (Å²) < 4.78 is 0. The van der Waals surface area contributed by atoms with Gasteiger partial charge in [-0.15, -0.1) is 0 Å². The van der Waals surface area contributed by atoms with Gasteiger partial charge in [-0.1, -0.05) is 19.1 Å². The van der Waals surface area contributed by atoms with Crippen LogP contribution in [0.25, 0.3) is 0 Å². The Labute approximate surface area is 108 Å². The Bertz CT molecular complexity index is 366. The highest BCUT2D eigenvalue weighted by Crippen LogP contribution is 2.39. The van der Waals surface area contributed by atoms with Crippen LogP contribution in [-0.4, -0.2) is 40.9 Å². The van der Waals surface area contributed by atoms with Gasteiger partial charge in [-0.2, -0.15) is 0 Å². The van der Waals surface area contributed by atoms with Crippen LogP contribution < -0.4 is 0 Å². The zero-order valence-electron chi connectivity index (χ0n) is 11.0. The second kappa shape index (κ2) is 6.27. The zero-order chi connectivity index (χ0) is 13.8. The topological polar surface area (TPSA) is 77.8 Å². The molecule has 1 aliphatic carbocycles. The van der Waals surface area contributed by atoms with Crippen molar-refractivity contribution >= 4 is 5.78 Å². The van der Waals surface area contributed by atoms with Crippen molar-refractivity contribution < 1.29 is 20.1 Å². The van der Waals surface area contributed by atoms with Gasteiger partial charge in [0, 0.05) is 17.8 Å². The van der Waals surface area contributed by atoms with Crippen molar-refractivity contribution in [2.24, 2.45) is 11.3 Å². The minimum atomic E-state index is -0.413. The van der Waals surface area contributed by atoms with Crippen LogP contribution in [0.3, 0.4) is 0 Å². The molecule has 0 aromatic rings. The van der Waals surface area contributed by atoms with E-state index in [1.807, 2.05) is 6.92 Å². The van der Waals surface area contributed by atoms with Gasteiger partial charge in [0.05, 0.1) is 19.8 Å². The number of Topliss-reactive ketones (excluding diaryl/α,β-unsaturated/α-hetero) is 1. The molecule has 0 fully saturated rings. The fraction of sp³-hybridized carbons (Fsp3) is 0.643. The lowest BCUT2D eigenvalue weighted by Crippen LogP contribution is -2.30. The Morgan fingerprint density at radius 2 is 1.94 bits per heavy atom. The Hall–Kier alpha value is -0.970. The van der Waals surface area contributed by atoms with Crippen LogP contribution >= 0.6 is 0 Å². The Balaban J connectivity index is 3.06. The molecule has 0 aliphatic heterocycles. The predicted molar refractivity (Wildman–Crippen MR) is 68.9 cm³/mol. The van der Waals surface area contributed by atoms with E-state index in [4.69, 9.17) is 10.2 Å². The molecule has 4 nitrogen and oxygen atoms in total. The fourth-order valence-corrected chi connectivity index (χ4v) is 2.22. The first-order valence-corrected chi connectivity index (χ1v) is 6.24. The highest BCUT2D eigenvalue weighted by atomic mass is 16.3. The molecule has 0 bridgehead atoms. The van der Waals surface area contributed by atoms with Gasteiger partial charge in [0.25, 0.3) is 0 Å². The summed E-state index contributed by atoms with van der Waals surface area (Å²) in [4.78, 5) is 11.7. The van der Waals surface area contributed by atoms with Crippen molar-refractivity contribution in [3.05, 3.63) is 23.3 Å². The van der Waals surface area contributed by atoms with Gasteiger partial charge in [-0.05, 0) is 24.5 Å². The summed E-state index contributed by atoms with van der Waals surface area (Å²) in [6.07, 6.45) is 4.55. The van der Waals surface area contributed by atoms with E-state index in [1.54, 1.807) is 19.1 Å². The highest BCUT2D eigenvalue weighted by Gasteiger charge is 2.34. The van der Waals surface area contributed by atoms with Gasteiger partial charge in [0.2, 0.25) is 0 Å². The number of aliphatic hydroxyl groups excluding tert-OH is 3. The van der Waals surface area contributed by atoms with E-state index in [0.717, 1.165) is 5.57 Å². The van der Waals surface area contributed by atoms with E-state index in [1.165, 1.54) is 0 Å². The molecule has 0 aromatic heterocycles. The number of rotatable bonds is 5. The summed E-state index contributed by atoms with van der Waals surface area (Å²) in [7, 11) is 0. The average molecular weight is 254 g/mol. The Kier molecular flexibility index (Phi) is 5.26. The molecule has 1 rings (SSSR count). The summed E-state index contributed by atoms with van der Waals surface area (Å²) in [5.41, 5.74) is 1.07. The van der Waals surface area contributed by atoms with Gasteiger partial charge < -0.3 is 15.3 Å². The first kappa shape index (κ1) is 15.1. The molecule has 18 heavy (non-hydrogen) atoms. The molecule has 0 heterocycles. The van der Waals surface area contributed by atoms with Crippen molar-refractivity contribution in [2.75, 3.05) is 19.8 Å². The molecule has 4 heteroatoms. The van der Waals surface area contributed by atoms with Crippen molar-refractivity contribution in [1.29, 1.82) is 0 Å². The summed E-state index contributed by atoms with van der Waals surface area (Å²) in [6.45, 7) is 3.41. The number of carbonyl (C=O) groups is 1. The normalized spacial score (nSPS) is 25.6. The second-order valence-electron chi connectivity index (χ2n) is 5.16. The van der Waals surface area contributed by atoms with Crippen LogP contribution in [-0.2, 0) is 4.79 Å². The summed E-state index contributed by atoms with van der Waals surface area (Å²) in [5, 5.41) is 27.6. The molecule has 0 amide bonds. The Morgan fingerprint density at radius 3 is 2.44 bits per heavy atom. The van der Waals surface area contributed by atoms with Crippen molar-refractivity contribution in [2.45, 2.75) is 26.7 Å². The average Bonchev–Trinajstić information content (AvgIpc) is 2.39. The third-order valence-corrected chi connectivity index (χ3v) is 3.73. The van der Waals surface area contributed by atoms with E-state index in [0.29, 0.717) is 18.4 Å². The predicted octanol–water partition coefficient (Wildman–Crippen LogP) is 0.821. The van der Waals surface area contributed by atoms with Crippen LogP contribution in [0.15, 0.2) is 23.3 Å². The number of hydrogen-bond acceptors (Lipinski definition) is 4. The zero-order valence-corrected chi connectivity index (χ0v) is 11.0. The van der Waals surface area contributed by atoms with Gasteiger partial charge in [-0.3, -0.25) is 4.79 Å². The van der Waals surface area contributed by atoms with E-state index in [-0.39, 0.29) is 31.5 Å². The van der Waals surface area contributed by atoms with Crippen molar-refractivity contribution in [3.8, 4) is 0 Å². The first-order chi connectivity index (χ1) is 8.48. The van der Waals surface area contributed by atoms with E-state index >= 15 is 0 Å². The molecule has 0 aromatic carbocycles. The third kappa shape index (κ3) is 3.07. The number of hydrogen-bond donors (Lipinski definition) is 3. The maximum Gasteiger partial charge on any atom is 0.158 e. The van der Waals surface area contributed by atoms with Crippen LogP contribution in [0.1, 0.15) is 26.7 Å². The van der Waals surface area contributed by atoms with Gasteiger partial charge in [-0.25, -0.2) is 0 Å². The smallest absolute Gasteiger partial charge is 0.158 e. The standard InChI is InChI=1S/C14H22O4/c1-10-12(4-3-11(7-15)8-16)14(2,9-17)6-5-13(10)18/h3-4,11,15-17H,5-9H2,1-2H3/b4-3+/t14-/m1/s1. The largest absolute Gasteiger partial charge is 0.396 e. The highest BCUT2D eigenvalue weighted by molar-refractivity contribution is 5.97. The lowest BCUT2D eigenvalue weighted by atomic mass is 9.71. The number of carbonyl (C=O) groups excluding carboxylic acids is 1. The molecule has 0 saturated carbocycles. The second-order valence-corrected chi connectivity index (χ2v) is 5.16. The fourth-order valence-electron chi connectivity index (χ4n) is 2.22. The summed E-state index contributed by atoms with van der Waals surface area (Å²) >= 11 is 0. The van der Waals surface area contributed by atoms with E-state index in [9.17, 15) is 9.90 Å². The molecule has 3 N–H and O–H groups in total. The number of allylic oxidation sites excluding steroid dienone is 2. The van der Waals surface area contributed by atoms with Crippen molar-refractivity contribution in [1.82, 2.24) is 0 Å². The molecule has 0 saturated heterocycles. The number of ketones is 1. The van der Waals surface area contributed by atoms with Crippen LogP contribution in [0.4, 0.5) is 0 Å². The molecule has 0 spiro atoms. The minimum absolute atomic E-state index is 0.0137. The monoisotopic (exact) mass is 254 g/mol. The quantitative estimate of drug-likeness (QED) is 0.679. The minimum Gasteiger partial charge on any atom is -0.396 e. The molecule has 0 radical (unpaired) electrons. The van der Waals surface area contributed by atoms with Crippen LogP contribution in [0.5, 0.6) is 0 Å². The van der Waals surface area contributed by atoms with Crippen molar-refractivity contribution in [3.63, 3.8) is 0 Å². The molecular weight excluding hydrogens is 232 g/mol. The molecule has 1 aliphatic rings. The summed E-state index contributed by atoms with van der Waals surface area (Å²) in [6, 6.07) is 0. The molecule has 0 unspecified atom stereocenters. The van der Waals surface area contributed by atoms with Crippen LogP contribution in [0, 0.1) is 11.3 Å². The summed E-state index contributed by atoms with van der Waals surface area (Å²) in [5.74, 6) is -0.226. The van der Waals surface area contributed by atoms with Gasteiger partial charge in [0.1, 0.15) is 0 Å². The molecular formula is C14H22O4. The maximum absolute atomic E-state index is 11.7. The SMILES string of the molecule is CC1=C(/C=C/C(CO)CO)[C@@](C)(CO)CCC1=O. The lowest BCUT2D eigenvalue weighted by molar-refractivity contribution is -0.116. The molecule has 102 valence electrons. The number of aliphatic hydroxyl groups is 3. The maximum atomic E-state index is 11.7. The molecule has 1 atom stereocenters.